The molecule has 0 aliphatic rings. The molecule has 0 N–H and O–H groups in total. The summed E-state index contributed by atoms with van der Waals surface area (Å²) in [5.74, 6) is 0.0516. The number of carbonyl (C=O) groups excluding carboxylic acids is 1. The Bertz CT molecular complexity index is 387. The van der Waals surface area contributed by atoms with Gasteiger partial charge in [-0.1, -0.05) is 29.3 Å². The molecule has 0 aliphatic carbocycles. The van der Waals surface area contributed by atoms with E-state index in [2.05, 4.69) is 0 Å². The minimum absolute atomic E-state index is 0.0516. The van der Waals surface area contributed by atoms with Crippen molar-refractivity contribution in [2.24, 2.45) is 0 Å². The number of likely N-dealkylation sites (N-methyl/N-ethyl adjacent to an activating group) is 2. The number of hydrogen-bond donors (Lipinski definition) is 0. The summed E-state index contributed by atoms with van der Waals surface area (Å²) in [7, 11) is 5.33. The predicted octanol–water partition coefficient (Wildman–Crippen LogP) is 2.51. The monoisotopic (exact) mass is 274 g/mol. The van der Waals surface area contributed by atoms with E-state index >= 15 is 0 Å². The molecule has 0 atom stereocenters. The molecule has 1 aromatic carbocycles. The van der Waals surface area contributed by atoms with E-state index in [1.54, 1.807) is 37.2 Å². The molecular formula is C12H16Cl2N2O. The molecule has 0 unspecified atom stereocenters. The van der Waals surface area contributed by atoms with Gasteiger partial charge in [0.15, 0.2) is 0 Å². The molecule has 0 saturated carbocycles. The lowest BCUT2D eigenvalue weighted by Crippen LogP contribution is -2.34. The van der Waals surface area contributed by atoms with Crippen LogP contribution in [0.2, 0.25) is 10.0 Å². The minimum Gasteiger partial charge on any atom is -0.348 e. The molecule has 1 amide bonds. The number of halogens is 2. The summed E-state index contributed by atoms with van der Waals surface area (Å²) in [5, 5.41) is 1.25. The number of rotatable bonds is 4. The van der Waals surface area contributed by atoms with Crippen LogP contribution in [0.15, 0.2) is 18.2 Å². The summed E-state index contributed by atoms with van der Waals surface area (Å²) < 4.78 is 0. The van der Waals surface area contributed by atoms with E-state index in [-0.39, 0.29) is 5.91 Å². The lowest BCUT2D eigenvalue weighted by atomic mass is 10.2. The highest BCUT2D eigenvalue weighted by molar-refractivity contribution is 6.35. The van der Waals surface area contributed by atoms with Gasteiger partial charge in [0.2, 0.25) is 5.91 Å². The fraction of sp³-hybridized carbons (Fsp3) is 0.417. The fourth-order valence-electron chi connectivity index (χ4n) is 1.38. The molecule has 0 aromatic heterocycles. The second kappa shape index (κ2) is 6.24. The zero-order chi connectivity index (χ0) is 13.0. The largest absolute Gasteiger partial charge is 0.348 e. The van der Waals surface area contributed by atoms with Gasteiger partial charge in [0, 0.05) is 36.2 Å². The third-order valence-electron chi connectivity index (χ3n) is 2.39. The van der Waals surface area contributed by atoms with Crippen LogP contribution in [0.4, 0.5) is 0 Å². The Morgan fingerprint density at radius 1 is 1.18 bits per heavy atom. The van der Waals surface area contributed by atoms with Crippen LogP contribution < -0.4 is 0 Å². The van der Waals surface area contributed by atoms with Gasteiger partial charge in [-0.25, -0.2) is 0 Å². The molecule has 0 spiro atoms. The average molecular weight is 275 g/mol. The Morgan fingerprint density at radius 3 is 2.18 bits per heavy atom. The zero-order valence-electron chi connectivity index (χ0n) is 10.2. The molecule has 3 nitrogen and oxygen atoms in total. The van der Waals surface area contributed by atoms with Gasteiger partial charge in [-0.15, -0.1) is 0 Å². The van der Waals surface area contributed by atoms with Crippen LogP contribution in [0, 0.1) is 0 Å². The molecule has 0 heterocycles. The first-order valence-corrected chi connectivity index (χ1v) is 5.99. The molecule has 0 aliphatic heterocycles. The molecule has 1 aromatic rings. The summed E-state index contributed by atoms with van der Waals surface area (Å²) in [6.45, 7) is 0.895. The zero-order valence-corrected chi connectivity index (χ0v) is 11.7. The highest BCUT2D eigenvalue weighted by Gasteiger charge is 2.12. The van der Waals surface area contributed by atoms with E-state index in [0.717, 1.165) is 5.56 Å². The Hall–Kier alpha value is -0.770. The number of carbonyl (C=O) groups is 1. The predicted molar refractivity (Wildman–Crippen MR) is 71.5 cm³/mol. The second-order valence-corrected chi connectivity index (χ2v) is 4.98. The molecule has 5 heteroatoms. The van der Waals surface area contributed by atoms with Gasteiger partial charge in [0.25, 0.3) is 0 Å². The highest BCUT2D eigenvalue weighted by atomic mass is 35.5. The number of nitrogens with zero attached hydrogens (tertiary/aromatic N) is 2. The lowest BCUT2D eigenvalue weighted by molar-refractivity contribution is -0.129. The summed E-state index contributed by atoms with van der Waals surface area (Å²) in [4.78, 5) is 15.0. The molecule has 94 valence electrons. The second-order valence-electron chi connectivity index (χ2n) is 4.16. The third kappa shape index (κ3) is 4.19. The van der Waals surface area contributed by atoms with Gasteiger partial charge in [-0.2, -0.15) is 0 Å². The molecule has 17 heavy (non-hydrogen) atoms. The molecule has 1 rings (SSSR count). The summed E-state index contributed by atoms with van der Waals surface area (Å²) in [6, 6.07) is 5.40. The van der Waals surface area contributed by atoms with Crippen LogP contribution in [0.25, 0.3) is 0 Å². The molecule has 0 saturated heterocycles. The topological polar surface area (TPSA) is 23.6 Å². The van der Waals surface area contributed by atoms with Crippen molar-refractivity contribution in [1.82, 2.24) is 9.80 Å². The van der Waals surface area contributed by atoms with E-state index < -0.39 is 0 Å². The molecule has 0 bridgehead atoms. The fourth-order valence-corrected chi connectivity index (χ4v) is 1.90. The standard InChI is InChI=1S/C12H16Cl2N2O/c1-15(2)12(17)8-16(3)7-9-10(13)5-4-6-11(9)14/h4-6H,7-8H2,1-3H3. The van der Waals surface area contributed by atoms with E-state index in [1.165, 1.54) is 0 Å². The van der Waals surface area contributed by atoms with Crippen LogP contribution in [-0.2, 0) is 11.3 Å². The van der Waals surface area contributed by atoms with Crippen molar-refractivity contribution in [3.8, 4) is 0 Å². The van der Waals surface area contributed by atoms with Crippen molar-refractivity contribution in [1.29, 1.82) is 0 Å². The van der Waals surface area contributed by atoms with Crippen LogP contribution in [0.1, 0.15) is 5.56 Å². The minimum atomic E-state index is 0.0516. The van der Waals surface area contributed by atoms with E-state index in [0.29, 0.717) is 23.1 Å². The number of amides is 1. The summed E-state index contributed by atoms with van der Waals surface area (Å²) in [6.07, 6.45) is 0. The first-order valence-electron chi connectivity index (χ1n) is 5.23. The quantitative estimate of drug-likeness (QED) is 0.843. The Morgan fingerprint density at radius 2 is 1.71 bits per heavy atom. The van der Waals surface area contributed by atoms with E-state index in [4.69, 9.17) is 23.2 Å². The average Bonchev–Trinajstić information content (AvgIpc) is 2.23. The summed E-state index contributed by atoms with van der Waals surface area (Å²) in [5.41, 5.74) is 0.852. The van der Waals surface area contributed by atoms with E-state index in [9.17, 15) is 4.79 Å². The number of hydrogen-bond acceptors (Lipinski definition) is 2. The molecular weight excluding hydrogens is 259 g/mol. The molecule has 0 radical (unpaired) electrons. The summed E-state index contributed by atoms with van der Waals surface area (Å²) >= 11 is 12.1. The SMILES string of the molecule is CN(CC(=O)N(C)C)Cc1c(Cl)cccc1Cl. The first kappa shape index (κ1) is 14.3. The van der Waals surface area contributed by atoms with Crippen molar-refractivity contribution in [3.63, 3.8) is 0 Å². The maximum atomic E-state index is 11.5. The maximum absolute atomic E-state index is 11.5. The smallest absolute Gasteiger partial charge is 0.236 e. The number of benzene rings is 1. The van der Waals surface area contributed by atoms with Crippen LogP contribution in [0.3, 0.4) is 0 Å². The van der Waals surface area contributed by atoms with Crippen molar-refractivity contribution >= 4 is 29.1 Å². The highest BCUT2D eigenvalue weighted by Crippen LogP contribution is 2.25. The van der Waals surface area contributed by atoms with Gasteiger partial charge in [0.1, 0.15) is 0 Å². The van der Waals surface area contributed by atoms with Crippen molar-refractivity contribution in [2.75, 3.05) is 27.7 Å². The van der Waals surface area contributed by atoms with Crippen LogP contribution in [0.5, 0.6) is 0 Å². The van der Waals surface area contributed by atoms with Crippen LogP contribution in [-0.4, -0.2) is 43.4 Å². The van der Waals surface area contributed by atoms with Gasteiger partial charge in [-0.05, 0) is 19.2 Å². The third-order valence-corrected chi connectivity index (χ3v) is 3.10. The molecule has 0 fully saturated rings. The van der Waals surface area contributed by atoms with Crippen molar-refractivity contribution in [2.45, 2.75) is 6.54 Å². The van der Waals surface area contributed by atoms with Gasteiger partial charge in [0.05, 0.1) is 6.54 Å². The Balaban J connectivity index is 2.68. The van der Waals surface area contributed by atoms with E-state index in [1.807, 2.05) is 11.9 Å². The van der Waals surface area contributed by atoms with Gasteiger partial charge >= 0.3 is 0 Å². The van der Waals surface area contributed by atoms with Gasteiger partial charge in [-0.3, -0.25) is 9.69 Å². The Labute approximate surface area is 112 Å². The maximum Gasteiger partial charge on any atom is 0.236 e. The van der Waals surface area contributed by atoms with Crippen molar-refractivity contribution < 1.29 is 4.79 Å². The Kier molecular flexibility index (Phi) is 5.25. The normalized spacial score (nSPS) is 10.7. The van der Waals surface area contributed by atoms with Gasteiger partial charge < -0.3 is 4.90 Å². The lowest BCUT2D eigenvalue weighted by Gasteiger charge is -2.20. The van der Waals surface area contributed by atoms with Crippen LogP contribution >= 0.6 is 23.2 Å². The first-order chi connectivity index (χ1) is 7.91. The van der Waals surface area contributed by atoms with Crippen molar-refractivity contribution in [3.05, 3.63) is 33.8 Å².